The van der Waals surface area contributed by atoms with E-state index in [4.69, 9.17) is 4.74 Å². The maximum atomic E-state index is 14.6. The molecule has 0 spiro atoms. The van der Waals surface area contributed by atoms with Crippen LogP contribution in [0.5, 0.6) is 0 Å². The predicted octanol–water partition coefficient (Wildman–Crippen LogP) is 7.20. The van der Waals surface area contributed by atoms with E-state index in [2.05, 4.69) is 31.2 Å². The molecular formula is C26H32F2O. The standard InChI is InChI=1S/C26H32F2O/c1-3-4-18-5-10-20(11-6-18)21-12-7-19(8-13-21)9-14-22-17(2)15-23(24-16-29-24)26(28)25(22)27/h7-8,12-13,15,18,20,24H,3-6,9-11,14,16H2,1-2H3. The summed E-state index contributed by atoms with van der Waals surface area (Å²) in [5, 5.41) is 0. The number of hydrogen-bond donors (Lipinski definition) is 0. The van der Waals surface area contributed by atoms with Crippen molar-refractivity contribution in [2.45, 2.75) is 77.2 Å². The molecule has 0 bridgehead atoms. The summed E-state index contributed by atoms with van der Waals surface area (Å²) in [6.07, 6.45) is 8.94. The van der Waals surface area contributed by atoms with Gasteiger partial charge in [0.1, 0.15) is 6.10 Å². The van der Waals surface area contributed by atoms with E-state index in [9.17, 15) is 8.78 Å². The molecule has 2 aliphatic rings. The Balaban J connectivity index is 1.37. The molecule has 29 heavy (non-hydrogen) atoms. The minimum absolute atomic E-state index is 0.262. The van der Waals surface area contributed by atoms with Crippen LogP contribution < -0.4 is 0 Å². The molecule has 1 saturated heterocycles. The molecule has 0 aromatic heterocycles. The molecule has 3 heteroatoms. The lowest BCUT2D eigenvalue weighted by Crippen LogP contribution is -2.13. The zero-order valence-electron chi connectivity index (χ0n) is 17.6. The van der Waals surface area contributed by atoms with Crippen molar-refractivity contribution in [1.29, 1.82) is 0 Å². The van der Waals surface area contributed by atoms with Crippen LogP contribution in [0.2, 0.25) is 0 Å². The van der Waals surface area contributed by atoms with E-state index in [-0.39, 0.29) is 6.10 Å². The topological polar surface area (TPSA) is 12.5 Å². The Morgan fingerprint density at radius 1 is 0.966 bits per heavy atom. The summed E-state index contributed by atoms with van der Waals surface area (Å²) >= 11 is 0. The first-order chi connectivity index (χ1) is 14.1. The van der Waals surface area contributed by atoms with Crippen LogP contribution in [0.3, 0.4) is 0 Å². The fourth-order valence-corrected chi connectivity index (χ4v) is 5.00. The molecule has 2 aromatic carbocycles. The number of benzene rings is 2. The summed E-state index contributed by atoms with van der Waals surface area (Å²) in [6.45, 7) is 4.63. The number of aryl methyl sites for hydroxylation is 2. The highest BCUT2D eigenvalue weighted by Gasteiger charge is 2.31. The Bertz CT molecular complexity index is 831. The molecule has 0 N–H and O–H groups in total. The highest BCUT2D eigenvalue weighted by Crippen LogP contribution is 2.38. The molecule has 2 fully saturated rings. The van der Waals surface area contributed by atoms with Gasteiger partial charge < -0.3 is 4.74 Å². The van der Waals surface area contributed by atoms with Crippen molar-refractivity contribution in [2.24, 2.45) is 5.92 Å². The molecule has 1 aliphatic carbocycles. The van der Waals surface area contributed by atoms with Crippen LogP contribution in [0, 0.1) is 24.5 Å². The van der Waals surface area contributed by atoms with E-state index in [1.54, 1.807) is 6.07 Å². The van der Waals surface area contributed by atoms with Crippen molar-refractivity contribution < 1.29 is 13.5 Å². The lowest BCUT2D eigenvalue weighted by molar-refractivity contribution is 0.308. The lowest BCUT2D eigenvalue weighted by Gasteiger charge is -2.28. The van der Waals surface area contributed by atoms with Crippen LogP contribution >= 0.6 is 0 Å². The van der Waals surface area contributed by atoms with Crippen LogP contribution in [0.15, 0.2) is 30.3 Å². The Morgan fingerprint density at radius 3 is 2.28 bits per heavy atom. The van der Waals surface area contributed by atoms with E-state index < -0.39 is 11.6 Å². The third kappa shape index (κ3) is 4.71. The van der Waals surface area contributed by atoms with Gasteiger partial charge in [0.15, 0.2) is 11.6 Å². The molecular weight excluding hydrogens is 366 g/mol. The molecule has 1 atom stereocenters. The summed E-state index contributed by atoms with van der Waals surface area (Å²) in [5.41, 5.74) is 4.29. The zero-order chi connectivity index (χ0) is 20.4. The summed E-state index contributed by atoms with van der Waals surface area (Å²) in [5.74, 6) is 0.174. The van der Waals surface area contributed by atoms with Crippen LogP contribution in [-0.4, -0.2) is 6.61 Å². The molecule has 2 aromatic rings. The first-order valence-corrected chi connectivity index (χ1v) is 11.2. The second kappa shape index (κ2) is 8.95. The molecule has 1 saturated carbocycles. The van der Waals surface area contributed by atoms with Gasteiger partial charge in [0.2, 0.25) is 0 Å². The second-order valence-corrected chi connectivity index (χ2v) is 8.96. The van der Waals surface area contributed by atoms with Gasteiger partial charge in [-0.05, 0) is 85.6 Å². The Labute approximate surface area is 173 Å². The maximum absolute atomic E-state index is 14.6. The number of ether oxygens (including phenoxy) is 1. The molecule has 0 radical (unpaired) electrons. The van der Waals surface area contributed by atoms with E-state index in [1.807, 2.05) is 6.92 Å². The van der Waals surface area contributed by atoms with Crippen molar-refractivity contribution in [3.05, 3.63) is 69.8 Å². The smallest absolute Gasteiger partial charge is 0.165 e. The van der Waals surface area contributed by atoms with Crippen molar-refractivity contribution in [3.8, 4) is 0 Å². The zero-order valence-corrected chi connectivity index (χ0v) is 17.6. The predicted molar refractivity (Wildman–Crippen MR) is 113 cm³/mol. The molecule has 1 unspecified atom stereocenters. The summed E-state index contributed by atoms with van der Waals surface area (Å²) in [4.78, 5) is 0. The van der Waals surface area contributed by atoms with Crippen LogP contribution in [0.1, 0.15) is 85.3 Å². The average Bonchev–Trinajstić information content (AvgIpc) is 3.57. The molecule has 1 nitrogen and oxygen atoms in total. The number of halogens is 2. The van der Waals surface area contributed by atoms with Crippen molar-refractivity contribution in [1.82, 2.24) is 0 Å². The fourth-order valence-electron chi connectivity index (χ4n) is 5.00. The first kappa shape index (κ1) is 20.5. The van der Waals surface area contributed by atoms with Crippen LogP contribution in [0.4, 0.5) is 8.78 Å². The molecule has 1 heterocycles. The summed E-state index contributed by atoms with van der Waals surface area (Å²) < 4.78 is 34.0. The SMILES string of the molecule is CCCC1CCC(c2ccc(CCc3c(C)cc(C4CO4)c(F)c3F)cc2)CC1. The number of epoxide rings is 1. The quantitative estimate of drug-likeness (QED) is 0.449. The number of hydrogen-bond acceptors (Lipinski definition) is 1. The highest BCUT2D eigenvalue weighted by atomic mass is 19.2. The average molecular weight is 399 g/mol. The van der Waals surface area contributed by atoms with E-state index in [0.717, 1.165) is 17.9 Å². The van der Waals surface area contributed by atoms with Crippen molar-refractivity contribution in [3.63, 3.8) is 0 Å². The van der Waals surface area contributed by atoms with Gasteiger partial charge in [-0.1, -0.05) is 44.0 Å². The minimum atomic E-state index is -0.734. The van der Waals surface area contributed by atoms with Gasteiger partial charge in [-0.3, -0.25) is 0 Å². The van der Waals surface area contributed by atoms with E-state index in [0.29, 0.717) is 30.1 Å². The van der Waals surface area contributed by atoms with Gasteiger partial charge in [0, 0.05) is 5.56 Å². The molecule has 4 rings (SSSR count). The third-order valence-corrected chi connectivity index (χ3v) is 6.90. The van der Waals surface area contributed by atoms with E-state index >= 15 is 0 Å². The van der Waals surface area contributed by atoms with Gasteiger partial charge in [0.25, 0.3) is 0 Å². The van der Waals surface area contributed by atoms with Crippen molar-refractivity contribution >= 4 is 0 Å². The van der Waals surface area contributed by atoms with E-state index in [1.165, 1.54) is 49.7 Å². The first-order valence-electron chi connectivity index (χ1n) is 11.2. The van der Waals surface area contributed by atoms with Crippen LogP contribution in [0.25, 0.3) is 0 Å². The molecule has 1 aliphatic heterocycles. The van der Waals surface area contributed by atoms with Gasteiger partial charge >= 0.3 is 0 Å². The summed E-state index contributed by atoms with van der Waals surface area (Å²) in [6, 6.07) is 10.6. The van der Waals surface area contributed by atoms with Gasteiger partial charge in [-0.15, -0.1) is 0 Å². The van der Waals surface area contributed by atoms with Gasteiger partial charge in [0.05, 0.1) is 6.61 Å². The molecule has 156 valence electrons. The van der Waals surface area contributed by atoms with Gasteiger partial charge in [-0.2, -0.15) is 0 Å². The third-order valence-electron chi connectivity index (χ3n) is 6.90. The normalized spacial score (nSPS) is 23.9. The highest BCUT2D eigenvalue weighted by molar-refractivity contribution is 5.37. The second-order valence-electron chi connectivity index (χ2n) is 8.96. The summed E-state index contributed by atoms with van der Waals surface area (Å²) in [7, 11) is 0. The van der Waals surface area contributed by atoms with Crippen LogP contribution in [-0.2, 0) is 17.6 Å². The Morgan fingerprint density at radius 2 is 1.66 bits per heavy atom. The lowest BCUT2D eigenvalue weighted by atomic mass is 9.77. The van der Waals surface area contributed by atoms with Gasteiger partial charge in [-0.25, -0.2) is 8.78 Å². The Hall–Kier alpha value is -1.74. The molecule has 0 amide bonds. The maximum Gasteiger partial charge on any atom is 0.165 e. The fraction of sp³-hybridized carbons (Fsp3) is 0.538. The minimum Gasteiger partial charge on any atom is -0.368 e. The largest absolute Gasteiger partial charge is 0.368 e. The monoisotopic (exact) mass is 398 g/mol. The Kier molecular flexibility index (Phi) is 6.34. The van der Waals surface area contributed by atoms with Crippen molar-refractivity contribution in [2.75, 3.05) is 6.61 Å². The number of rotatable bonds is 7.